The molecule has 1 fully saturated rings. The molecular weight excluding hydrogens is 320 g/mol. The van der Waals surface area contributed by atoms with Crippen molar-refractivity contribution >= 4 is 16.0 Å². The number of hydrogen-bond donors (Lipinski definition) is 0. The third-order valence-electron chi connectivity index (χ3n) is 3.59. The standard InChI is InChI=1S/C15H22N2O5S/c1-3-21-13-6-5-9-17(11-13)23(19,20)14-8-7-12(10-16-14)15(18)22-4-2/h7-8,10,13H,3-6,9,11H2,1-2H3/t13-/m0/s1. The third kappa shape index (κ3) is 4.27. The minimum atomic E-state index is -3.68. The quantitative estimate of drug-likeness (QED) is 0.727. The summed E-state index contributed by atoms with van der Waals surface area (Å²) in [6.07, 6.45) is 2.76. The maximum Gasteiger partial charge on any atom is 0.339 e. The molecular formula is C15H22N2O5S. The third-order valence-corrected chi connectivity index (χ3v) is 5.38. The van der Waals surface area contributed by atoms with Gasteiger partial charge < -0.3 is 9.47 Å². The maximum absolute atomic E-state index is 12.6. The Morgan fingerprint density at radius 2 is 2.13 bits per heavy atom. The van der Waals surface area contributed by atoms with E-state index >= 15 is 0 Å². The van der Waals surface area contributed by atoms with Crippen LogP contribution in [-0.2, 0) is 19.5 Å². The molecule has 23 heavy (non-hydrogen) atoms. The summed E-state index contributed by atoms with van der Waals surface area (Å²) in [7, 11) is -3.68. The number of rotatable bonds is 6. The Labute approximate surface area is 136 Å². The van der Waals surface area contributed by atoms with E-state index in [4.69, 9.17) is 9.47 Å². The molecule has 0 bridgehead atoms. The van der Waals surface area contributed by atoms with Crippen LogP contribution >= 0.6 is 0 Å². The second-order valence-corrected chi connectivity index (χ2v) is 7.07. The van der Waals surface area contributed by atoms with Crippen LogP contribution in [0.2, 0.25) is 0 Å². The van der Waals surface area contributed by atoms with Gasteiger partial charge in [0, 0.05) is 25.9 Å². The lowest BCUT2D eigenvalue weighted by Gasteiger charge is -2.31. The molecule has 7 nitrogen and oxygen atoms in total. The van der Waals surface area contributed by atoms with Gasteiger partial charge in [-0.15, -0.1) is 0 Å². The van der Waals surface area contributed by atoms with E-state index in [1.807, 2.05) is 6.92 Å². The summed E-state index contributed by atoms with van der Waals surface area (Å²) in [5.41, 5.74) is 0.233. The fourth-order valence-electron chi connectivity index (χ4n) is 2.50. The van der Waals surface area contributed by atoms with Gasteiger partial charge in [0.15, 0.2) is 5.03 Å². The van der Waals surface area contributed by atoms with E-state index in [9.17, 15) is 13.2 Å². The van der Waals surface area contributed by atoms with Crippen molar-refractivity contribution in [2.24, 2.45) is 0 Å². The summed E-state index contributed by atoms with van der Waals surface area (Å²) < 4.78 is 37.1. The van der Waals surface area contributed by atoms with Crippen LogP contribution in [0.3, 0.4) is 0 Å². The number of carbonyl (C=O) groups is 1. The van der Waals surface area contributed by atoms with Crippen LogP contribution in [0.1, 0.15) is 37.0 Å². The number of nitrogens with zero attached hydrogens (tertiary/aromatic N) is 2. The van der Waals surface area contributed by atoms with E-state index in [1.54, 1.807) is 6.92 Å². The van der Waals surface area contributed by atoms with Crippen molar-refractivity contribution in [3.8, 4) is 0 Å². The second kappa shape index (κ2) is 7.85. The molecule has 2 heterocycles. The van der Waals surface area contributed by atoms with Crippen molar-refractivity contribution in [2.45, 2.75) is 37.8 Å². The zero-order valence-electron chi connectivity index (χ0n) is 13.4. The van der Waals surface area contributed by atoms with Crippen LogP contribution < -0.4 is 0 Å². The van der Waals surface area contributed by atoms with Crippen LogP contribution in [0.5, 0.6) is 0 Å². The summed E-state index contributed by atoms with van der Waals surface area (Å²) in [5, 5.41) is -0.0669. The fourth-order valence-corrected chi connectivity index (χ4v) is 3.92. The van der Waals surface area contributed by atoms with Gasteiger partial charge in [-0.25, -0.2) is 18.2 Å². The first kappa shape index (κ1) is 17.8. The smallest absolute Gasteiger partial charge is 0.339 e. The van der Waals surface area contributed by atoms with E-state index in [0.717, 1.165) is 12.8 Å². The predicted molar refractivity (Wildman–Crippen MR) is 83.6 cm³/mol. The van der Waals surface area contributed by atoms with Crippen LogP contribution in [0.15, 0.2) is 23.4 Å². The minimum Gasteiger partial charge on any atom is -0.462 e. The SMILES string of the molecule is CCOC(=O)c1ccc(S(=O)(=O)N2CCC[C@H](OCC)C2)nc1. The van der Waals surface area contributed by atoms with E-state index < -0.39 is 16.0 Å². The molecule has 128 valence electrons. The molecule has 8 heteroatoms. The number of ether oxygens (including phenoxy) is 2. The minimum absolute atomic E-state index is 0.0669. The summed E-state index contributed by atoms with van der Waals surface area (Å²) in [4.78, 5) is 15.5. The molecule has 1 atom stereocenters. The number of carbonyl (C=O) groups excluding carboxylic acids is 1. The van der Waals surface area contributed by atoms with Gasteiger partial charge in [0.2, 0.25) is 0 Å². The molecule has 0 N–H and O–H groups in total. The zero-order chi connectivity index (χ0) is 16.9. The highest BCUT2D eigenvalue weighted by molar-refractivity contribution is 7.89. The summed E-state index contributed by atoms with van der Waals surface area (Å²) in [6.45, 7) is 5.19. The van der Waals surface area contributed by atoms with Gasteiger partial charge in [-0.2, -0.15) is 4.31 Å². The molecule has 2 rings (SSSR count). The lowest BCUT2D eigenvalue weighted by atomic mass is 10.1. The molecule has 0 amide bonds. The molecule has 0 aliphatic carbocycles. The van der Waals surface area contributed by atoms with Crippen molar-refractivity contribution in [1.29, 1.82) is 0 Å². The number of hydrogen-bond acceptors (Lipinski definition) is 6. The van der Waals surface area contributed by atoms with Crippen molar-refractivity contribution in [2.75, 3.05) is 26.3 Å². The Bertz CT molecular complexity index is 628. The highest BCUT2D eigenvalue weighted by atomic mass is 32.2. The highest BCUT2D eigenvalue weighted by Gasteiger charge is 2.31. The molecule has 1 aliphatic rings. The average Bonchev–Trinajstić information content (AvgIpc) is 2.56. The molecule has 0 spiro atoms. The first-order valence-electron chi connectivity index (χ1n) is 7.74. The summed E-state index contributed by atoms with van der Waals surface area (Å²) in [5.74, 6) is -0.515. The van der Waals surface area contributed by atoms with E-state index in [1.165, 1.54) is 22.6 Å². The Morgan fingerprint density at radius 1 is 1.35 bits per heavy atom. The van der Waals surface area contributed by atoms with Crippen molar-refractivity contribution in [3.05, 3.63) is 23.9 Å². The second-order valence-electron chi connectivity index (χ2n) is 5.19. The number of pyridine rings is 1. The van der Waals surface area contributed by atoms with Crippen molar-refractivity contribution in [3.63, 3.8) is 0 Å². The van der Waals surface area contributed by atoms with Gasteiger partial charge in [0.1, 0.15) is 0 Å². The molecule has 1 aromatic heterocycles. The van der Waals surface area contributed by atoms with Gasteiger partial charge in [-0.05, 0) is 38.8 Å². The van der Waals surface area contributed by atoms with E-state index in [-0.39, 0.29) is 23.3 Å². The lowest BCUT2D eigenvalue weighted by molar-refractivity contribution is 0.0264. The summed E-state index contributed by atoms with van der Waals surface area (Å²) in [6, 6.07) is 2.76. The first-order valence-corrected chi connectivity index (χ1v) is 9.18. The molecule has 0 saturated carbocycles. The van der Waals surface area contributed by atoms with E-state index in [0.29, 0.717) is 19.7 Å². The Kier molecular flexibility index (Phi) is 6.09. The van der Waals surface area contributed by atoms with Gasteiger partial charge in [0.25, 0.3) is 10.0 Å². The topological polar surface area (TPSA) is 85.8 Å². The molecule has 1 aromatic rings. The van der Waals surface area contributed by atoms with Crippen molar-refractivity contribution in [1.82, 2.24) is 9.29 Å². The first-order chi connectivity index (χ1) is 11.0. The van der Waals surface area contributed by atoms with Gasteiger partial charge in [-0.3, -0.25) is 0 Å². The van der Waals surface area contributed by atoms with Gasteiger partial charge >= 0.3 is 5.97 Å². The average molecular weight is 342 g/mol. The fraction of sp³-hybridized carbons (Fsp3) is 0.600. The number of aromatic nitrogens is 1. The Morgan fingerprint density at radius 3 is 2.74 bits per heavy atom. The number of sulfonamides is 1. The van der Waals surface area contributed by atoms with E-state index in [2.05, 4.69) is 4.98 Å². The predicted octanol–water partition coefficient (Wildman–Crippen LogP) is 1.45. The Hall–Kier alpha value is -1.51. The van der Waals surface area contributed by atoms with Crippen LogP contribution in [-0.4, -0.2) is 56.1 Å². The summed E-state index contributed by atoms with van der Waals surface area (Å²) >= 11 is 0. The Balaban J connectivity index is 2.14. The highest BCUT2D eigenvalue weighted by Crippen LogP contribution is 2.21. The van der Waals surface area contributed by atoms with Crippen LogP contribution in [0, 0.1) is 0 Å². The molecule has 1 aliphatic heterocycles. The largest absolute Gasteiger partial charge is 0.462 e. The van der Waals surface area contributed by atoms with Gasteiger partial charge in [0.05, 0.1) is 18.3 Å². The number of esters is 1. The monoisotopic (exact) mass is 342 g/mol. The zero-order valence-corrected chi connectivity index (χ0v) is 14.2. The van der Waals surface area contributed by atoms with Crippen LogP contribution in [0.4, 0.5) is 0 Å². The normalized spacial score (nSPS) is 19.5. The van der Waals surface area contributed by atoms with Gasteiger partial charge in [-0.1, -0.05) is 0 Å². The molecule has 0 aromatic carbocycles. The molecule has 1 saturated heterocycles. The maximum atomic E-state index is 12.6. The molecule has 0 radical (unpaired) electrons. The van der Waals surface area contributed by atoms with Crippen molar-refractivity contribution < 1.29 is 22.7 Å². The molecule has 0 unspecified atom stereocenters. The number of piperidine rings is 1. The lowest BCUT2D eigenvalue weighted by Crippen LogP contribution is -2.43. The van der Waals surface area contributed by atoms with Crippen LogP contribution in [0.25, 0.3) is 0 Å².